The molecule has 0 saturated carbocycles. The van der Waals surface area contributed by atoms with Crippen LogP contribution in [0.15, 0.2) is 48.5 Å². The van der Waals surface area contributed by atoms with Crippen LogP contribution in [-0.4, -0.2) is 42.0 Å². The van der Waals surface area contributed by atoms with E-state index in [1.54, 1.807) is 0 Å². The molecule has 0 fully saturated rings. The normalized spacial score (nSPS) is 14.9. The predicted molar refractivity (Wildman–Crippen MR) is 99.6 cm³/mol. The van der Waals surface area contributed by atoms with E-state index in [-0.39, 0.29) is 20.2 Å². The van der Waals surface area contributed by atoms with Crippen molar-refractivity contribution in [3.05, 3.63) is 48.5 Å². The summed E-state index contributed by atoms with van der Waals surface area (Å²) < 4.78 is 190. The van der Waals surface area contributed by atoms with E-state index in [9.17, 15) is 61.5 Å². The Labute approximate surface area is 189 Å². The summed E-state index contributed by atoms with van der Waals surface area (Å²) in [4.78, 5) is 0. The second kappa shape index (κ2) is 8.10. The molecule has 0 radical (unpaired) electrons. The fraction of sp³-hybridized carbons (Fsp3) is 0.400. The smallest absolute Gasteiger partial charge is 0.203 e. The van der Waals surface area contributed by atoms with Gasteiger partial charge in [0.25, 0.3) is 0 Å². The Kier molecular flexibility index (Phi) is 6.31. The zero-order valence-electron chi connectivity index (χ0n) is 16.6. The van der Waals surface area contributed by atoms with E-state index in [1.165, 1.54) is 36.4 Å². The van der Waals surface area contributed by atoms with Crippen molar-refractivity contribution >= 4 is 30.6 Å². The summed E-state index contributed by atoms with van der Waals surface area (Å²) in [5.41, 5.74) is 0. The monoisotopic (exact) mass is 549 g/mol. The molecule has 15 heteroatoms. The van der Waals surface area contributed by atoms with Crippen LogP contribution in [0.1, 0.15) is 0 Å². The fourth-order valence-corrected chi connectivity index (χ4v) is 5.79. The molecule has 0 saturated heterocycles. The Morgan fingerprint density at radius 1 is 0.543 bits per heavy atom. The third kappa shape index (κ3) is 3.63. The van der Waals surface area contributed by atoms with Crippen LogP contribution in [0.4, 0.5) is 61.5 Å². The van der Waals surface area contributed by atoms with Gasteiger partial charge in [0.05, 0.1) is 0 Å². The Bertz CT molecular complexity index is 1170. The summed E-state index contributed by atoms with van der Waals surface area (Å²) in [5.74, 6) is -46.8. The van der Waals surface area contributed by atoms with Crippen LogP contribution in [0, 0.1) is 0 Å². The quantitative estimate of drug-likeness (QED) is 0.195. The van der Waals surface area contributed by atoms with Crippen LogP contribution in [0.2, 0.25) is 0 Å². The molecule has 1 aromatic heterocycles. The minimum Gasteiger partial charge on any atom is -0.203 e. The van der Waals surface area contributed by atoms with Gasteiger partial charge >= 0.3 is 42.0 Å². The molecule has 0 atom stereocenters. The molecule has 0 aliphatic heterocycles. The van der Waals surface area contributed by atoms with Crippen LogP contribution in [0.3, 0.4) is 0 Å². The van der Waals surface area contributed by atoms with Gasteiger partial charge in [-0.15, -0.1) is 0 Å². The molecule has 35 heavy (non-hydrogen) atoms. The second-order valence-corrected chi connectivity index (χ2v) is 9.40. The maximum absolute atomic E-state index is 14.6. The highest BCUT2D eigenvalue weighted by molar-refractivity contribution is 7.42. The molecule has 0 amide bonds. The third-order valence-electron chi connectivity index (χ3n) is 5.26. The number of thiophene rings is 1. The molecule has 0 aliphatic carbocycles. The summed E-state index contributed by atoms with van der Waals surface area (Å²) in [5, 5.41) is 0.455. The minimum atomic E-state index is -8.01. The Balaban J connectivity index is 2.13. The van der Waals surface area contributed by atoms with Crippen molar-refractivity contribution in [1.82, 2.24) is 0 Å². The molecule has 0 N–H and O–H groups in total. The number of fused-ring (bicyclic) bond motifs is 3. The fourth-order valence-electron chi connectivity index (χ4n) is 3.32. The lowest BCUT2D eigenvalue weighted by atomic mass is 9.92. The van der Waals surface area contributed by atoms with Crippen molar-refractivity contribution in [3.8, 4) is 0 Å². The molecule has 2 aromatic carbocycles. The van der Waals surface area contributed by atoms with Crippen LogP contribution in [0.5, 0.6) is 0 Å². The van der Waals surface area contributed by atoms with Crippen LogP contribution in [0.25, 0.3) is 20.2 Å². The molecule has 0 nitrogen and oxygen atoms in total. The van der Waals surface area contributed by atoms with Crippen molar-refractivity contribution in [1.29, 1.82) is 0 Å². The second-order valence-electron chi connectivity index (χ2n) is 7.45. The van der Waals surface area contributed by atoms with Gasteiger partial charge in [-0.25, -0.2) is 8.78 Å². The summed E-state index contributed by atoms with van der Waals surface area (Å²) in [6, 6.07) is 10.5. The van der Waals surface area contributed by atoms with Gasteiger partial charge < -0.3 is 0 Å². The van der Waals surface area contributed by atoms with E-state index >= 15 is 0 Å². The van der Waals surface area contributed by atoms with E-state index in [0.29, 0.717) is 0 Å². The van der Waals surface area contributed by atoms with E-state index in [0.717, 1.165) is 12.1 Å². The first-order valence-corrected chi connectivity index (χ1v) is 10.6. The molecule has 194 valence electrons. The Morgan fingerprint density at radius 3 is 1.31 bits per heavy atom. The van der Waals surface area contributed by atoms with E-state index < -0.39 is 58.2 Å². The highest BCUT2D eigenvalue weighted by atomic mass is 32.2. The van der Waals surface area contributed by atoms with Crippen molar-refractivity contribution in [3.63, 3.8) is 0 Å². The average molecular weight is 549 g/mol. The van der Waals surface area contributed by atoms with E-state index in [4.69, 9.17) is 0 Å². The molecule has 3 aromatic rings. The van der Waals surface area contributed by atoms with Crippen LogP contribution in [-0.2, 0) is 5.75 Å². The summed E-state index contributed by atoms with van der Waals surface area (Å²) >= 11 is 0. The van der Waals surface area contributed by atoms with Gasteiger partial charge in [0.2, 0.25) is 0 Å². The first kappa shape index (κ1) is 27.3. The number of hydrogen-bond donors (Lipinski definition) is 0. The number of alkyl halides is 14. The lowest BCUT2D eigenvalue weighted by Gasteiger charge is -2.40. The third-order valence-corrected chi connectivity index (χ3v) is 7.68. The number of benzene rings is 2. The molecular formula is C20H11F14S+. The van der Waals surface area contributed by atoms with Gasteiger partial charge in [0, 0.05) is 10.8 Å². The lowest BCUT2D eigenvalue weighted by Crippen LogP contribution is -2.71. The van der Waals surface area contributed by atoms with Gasteiger partial charge in [-0.3, -0.25) is 0 Å². The Hall–Kier alpha value is -2.32. The molecular weight excluding hydrogens is 538 g/mol. The van der Waals surface area contributed by atoms with Gasteiger partial charge in [-0.05, 0) is 34.7 Å². The minimum absolute atomic E-state index is 0.0752. The SMILES string of the molecule is FC(F)C(F)(F)C(F)(F)C(F)(F)C(F)(F)C(F)(F)C(F)(F)C[s+]1c2ccccc2c2ccccc21. The van der Waals surface area contributed by atoms with Crippen LogP contribution >= 0.6 is 10.5 Å². The van der Waals surface area contributed by atoms with Crippen molar-refractivity contribution in [2.75, 3.05) is 0 Å². The summed E-state index contributed by atoms with van der Waals surface area (Å²) in [6.07, 6.45) is -5.71. The number of rotatable bonds is 8. The maximum atomic E-state index is 14.6. The van der Waals surface area contributed by atoms with Crippen molar-refractivity contribution in [2.45, 2.75) is 47.7 Å². The number of hydrogen-bond acceptors (Lipinski definition) is 0. The standard InChI is InChI=1S/C20H11F14S/c21-14(22)16(25,26)18(29,30)20(33,34)19(31,32)17(27,28)15(23,24)9-35-12-7-3-1-5-10(12)11-6-2-4-8-13(11)35/h1-8,14H,9H2/q+1. The first-order chi connectivity index (χ1) is 15.8. The largest absolute Gasteiger partial charge is 0.384 e. The lowest BCUT2D eigenvalue weighted by molar-refractivity contribution is -0.431. The molecule has 0 spiro atoms. The van der Waals surface area contributed by atoms with E-state index in [1.807, 2.05) is 0 Å². The Morgan fingerprint density at radius 2 is 0.914 bits per heavy atom. The maximum Gasteiger partial charge on any atom is 0.384 e. The highest BCUT2D eigenvalue weighted by Crippen LogP contribution is 2.62. The molecule has 1 heterocycles. The van der Waals surface area contributed by atoms with Gasteiger partial charge in [-0.2, -0.15) is 52.7 Å². The molecule has 3 rings (SSSR count). The van der Waals surface area contributed by atoms with Gasteiger partial charge in [-0.1, -0.05) is 24.3 Å². The zero-order valence-corrected chi connectivity index (χ0v) is 17.4. The van der Waals surface area contributed by atoms with Gasteiger partial charge in [0.1, 0.15) is 0 Å². The molecule has 0 bridgehead atoms. The molecule has 0 unspecified atom stereocenters. The first-order valence-electron chi connectivity index (χ1n) is 9.20. The summed E-state index contributed by atoms with van der Waals surface area (Å²) in [6.45, 7) is 0. The number of halogens is 14. The predicted octanol–water partition coefficient (Wildman–Crippen LogP) is 8.82. The van der Waals surface area contributed by atoms with Crippen LogP contribution < -0.4 is 0 Å². The summed E-state index contributed by atoms with van der Waals surface area (Å²) in [7, 11) is -2.16. The topological polar surface area (TPSA) is 0 Å². The van der Waals surface area contributed by atoms with Crippen molar-refractivity contribution in [2.24, 2.45) is 0 Å². The van der Waals surface area contributed by atoms with Gasteiger partial charge in [0.15, 0.2) is 15.2 Å². The van der Waals surface area contributed by atoms with E-state index in [2.05, 4.69) is 0 Å². The average Bonchev–Trinajstić information content (AvgIpc) is 3.06. The highest BCUT2D eigenvalue weighted by Gasteiger charge is 2.91. The zero-order chi connectivity index (χ0) is 26.8. The van der Waals surface area contributed by atoms with Crippen molar-refractivity contribution < 1.29 is 61.5 Å². The molecule has 0 aliphatic rings.